The molecule has 0 heterocycles. The van der Waals surface area contributed by atoms with Crippen molar-refractivity contribution in [2.75, 3.05) is 5.32 Å². The molecule has 1 N–H and O–H groups in total. The van der Waals surface area contributed by atoms with E-state index in [4.69, 9.17) is 0 Å². The Balaban J connectivity index is 2.11. The quantitative estimate of drug-likeness (QED) is 0.880. The van der Waals surface area contributed by atoms with Crippen LogP contribution in [0.1, 0.15) is 5.56 Å². The maximum Gasteiger partial charge on any atom is 0.149 e. The Morgan fingerprint density at radius 2 is 1.72 bits per heavy atom. The third-order valence-corrected chi connectivity index (χ3v) is 2.79. The lowest BCUT2D eigenvalue weighted by molar-refractivity contribution is 0.585. The molecule has 0 bridgehead atoms. The number of hydrogen-bond acceptors (Lipinski definition) is 1. The number of anilines is 1. The van der Waals surface area contributed by atoms with Crippen molar-refractivity contribution in [1.82, 2.24) is 0 Å². The van der Waals surface area contributed by atoms with Crippen molar-refractivity contribution in [2.24, 2.45) is 0 Å². The molecular formula is C13H9BrF3N. The van der Waals surface area contributed by atoms with Gasteiger partial charge in [-0.1, -0.05) is 15.9 Å². The van der Waals surface area contributed by atoms with Gasteiger partial charge < -0.3 is 5.32 Å². The van der Waals surface area contributed by atoms with Crippen molar-refractivity contribution in [1.29, 1.82) is 0 Å². The lowest BCUT2D eigenvalue weighted by atomic mass is 10.2. The van der Waals surface area contributed by atoms with E-state index in [0.29, 0.717) is 10.0 Å². The largest absolute Gasteiger partial charge is 0.379 e. The second-order valence-corrected chi connectivity index (χ2v) is 4.67. The van der Waals surface area contributed by atoms with Gasteiger partial charge in [-0.15, -0.1) is 0 Å². The van der Waals surface area contributed by atoms with Crippen LogP contribution in [0.2, 0.25) is 0 Å². The third kappa shape index (κ3) is 3.26. The Morgan fingerprint density at radius 3 is 2.39 bits per heavy atom. The standard InChI is InChI=1S/C13H9BrF3N/c14-9-3-8(4-11(16)5-9)7-18-13-2-1-10(15)6-12(13)17/h1-6,18H,7H2. The zero-order valence-electron chi connectivity index (χ0n) is 9.18. The molecule has 0 saturated heterocycles. The minimum Gasteiger partial charge on any atom is -0.379 e. The van der Waals surface area contributed by atoms with Crippen LogP contribution in [0.25, 0.3) is 0 Å². The van der Waals surface area contributed by atoms with Crippen LogP contribution in [0, 0.1) is 17.5 Å². The molecule has 1 nitrogen and oxygen atoms in total. The van der Waals surface area contributed by atoms with Gasteiger partial charge in [-0.25, -0.2) is 13.2 Å². The maximum atomic E-state index is 13.3. The topological polar surface area (TPSA) is 12.0 Å². The van der Waals surface area contributed by atoms with E-state index in [0.717, 1.165) is 12.1 Å². The minimum absolute atomic E-state index is 0.178. The number of halogens is 4. The fraction of sp³-hybridized carbons (Fsp3) is 0.0769. The number of benzene rings is 2. The van der Waals surface area contributed by atoms with Gasteiger partial charge in [-0.05, 0) is 35.9 Å². The zero-order valence-corrected chi connectivity index (χ0v) is 10.8. The summed E-state index contributed by atoms with van der Waals surface area (Å²) >= 11 is 3.17. The first-order valence-electron chi connectivity index (χ1n) is 5.18. The highest BCUT2D eigenvalue weighted by atomic mass is 79.9. The van der Waals surface area contributed by atoms with Crippen molar-refractivity contribution in [3.05, 3.63) is 63.9 Å². The molecule has 0 saturated carbocycles. The van der Waals surface area contributed by atoms with Crippen molar-refractivity contribution in [3.63, 3.8) is 0 Å². The molecule has 5 heteroatoms. The maximum absolute atomic E-state index is 13.3. The summed E-state index contributed by atoms with van der Waals surface area (Å²) in [4.78, 5) is 0. The van der Waals surface area contributed by atoms with E-state index in [1.165, 1.54) is 18.2 Å². The second kappa shape index (κ2) is 5.44. The van der Waals surface area contributed by atoms with Crippen molar-refractivity contribution in [2.45, 2.75) is 6.54 Å². The summed E-state index contributed by atoms with van der Waals surface area (Å²) < 4.78 is 39.7. The molecule has 0 radical (unpaired) electrons. The average Bonchev–Trinajstić information content (AvgIpc) is 2.26. The van der Waals surface area contributed by atoms with Gasteiger partial charge in [0.2, 0.25) is 0 Å². The lowest BCUT2D eigenvalue weighted by Crippen LogP contribution is -2.02. The molecule has 0 aromatic heterocycles. The predicted octanol–water partition coefficient (Wildman–Crippen LogP) is 4.48. The fourth-order valence-corrected chi connectivity index (χ4v) is 2.06. The van der Waals surface area contributed by atoms with Gasteiger partial charge in [0.1, 0.15) is 17.5 Å². The van der Waals surface area contributed by atoms with Gasteiger partial charge in [-0.3, -0.25) is 0 Å². The van der Waals surface area contributed by atoms with Gasteiger partial charge in [0.05, 0.1) is 5.69 Å². The second-order valence-electron chi connectivity index (χ2n) is 3.76. The lowest BCUT2D eigenvalue weighted by Gasteiger charge is -2.08. The van der Waals surface area contributed by atoms with Gasteiger partial charge in [-0.2, -0.15) is 0 Å². The molecule has 0 fully saturated rings. The Kier molecular flexibility index (Phi) is 3.91. The molecule has 2 rings (SSSR count). The molecule has 2 aromatic rings. The van der Waals surface area contributed by atoms with E-state index in [-0.39, 0.29) is 18.0 Å². The van der Waals surface area contributed by atoms with Gasteiger partial charge in [0.15, 0.2) is 0 Å². The Morgan fingerprint density at radius 1 is 0.944 bits per heavy atom. The molecule has 0 amide bonds. The summed E-state index contributed by atoms with van der Waals surface area (Å²) in [5.74, 6) is -1.68. The van der Waals surface area contributed by atoms with Crippen LogP contribution in [0.4, 0.5) is 18.9 Å². The van der Waals surface area contributed by atoms with Gasteiger partial charge in [0, 0.05) is 17.1 Å². The van der Waals surface area contributed by atoms with Gasteiger partial charge >= 0.3 is 0 Å². The Bertz CT molecular complexity index is 552. The Hall–Kier alpha value is -1.49. The number of hydrogen-bond donors (Lipinski definition) is 1. The van der Waals surface area contributed by atoms with Crippen molar-refractivity contribution < 1.29 is 13.2 Å². The van der Waals surface area contributed by atoms with Crippen LogP contribution in [-0.2, 0) is 6.54 Å². The van der Waals surface area contributed by atoms with E-state index in [1.54, 1.807) is 6.07 Å². The highest BCUT2D eigenvalue weighted by molar-refractivity contribution is 9.10. The van der Waals surface area contributed by atoms with Crippen LogP contribution >= 0.6 is 15.9 Å². The normalized spacial score (nSPS) is 10.4. The summed E-state index contributed by atoms with van der Waals surface area (Å²) in [6, 6.07) is 7.66. The zero-order chi connectivity index (χ0) is 13.1. The molecule has 0 aliphatic heterocycles. The van der Waals surface area contributed by atoms with Crippen LogP contribution in [0.5, 0.6) is 0 Å². The van der Waals surface area contributed by atoms with E-state index in [9.17, 15) is 13.2 Å². The van der Waals surface area contributed by atoms with E-state index in [1.807, 2.05) is 0 Å². The summed E-state index contributed by atoms with van der Waals surface area (Å²) in [6.45, 7) is 0.249. The SMILES string of the molecule is Fc1cc(Br)cc(CNc2ccc(F)cc2F)c1. The first-order chi connectivity index (χ1) is 8.54. The smallest absolute Gasteiger partial charge is 0.149 e. The summed E-state index contributed by atoms with van der Waals surface area (Å²) in [5, 5.41) is 2.78. The van der Waals surface area contributed by atoms with Crippen LogP contribution < -0.4 is 5.32 Å². The first kappa shape index (κ1) is 13.0. The molecule has 0 atom stereocenters. The highest BCUT2D eigenvalue weighted by Crippen LogP contribution is 2.18. The van der Waals surface area contributed by atoms with E-state index >= 15 is 0 Å². The van der Waals surface area contributed by atoms with E-state index in [2.05, 4.69) is 21.2 Å². The van der Waals surface area contributed by atoms with E-state index < -0.39 is 11.6 Å². The van der Waals surface area contributed by atoms with Crippen LogP contribution in [-0.4, -0.2) is 0 Å². The molecule has 0 aliphatic rings. The monoisotopic (exact) mass is 315 g/mol. The molecule has 0 unspecified atom stereocenters. The molecular weight excluding hydrogens is 307 g/mol. The predicted molar refractivity (Wildman–Crippen MR) is 67.8 cm³/mol. The molecule has 0 spiro atoms. The summed E-state index contributed by atoms with van der Waals surface area (Å²) in [7, 11) is 0. The first-order valence-corrected chi connectivity index (χ1v) is 5.98. The molecule has 0 aliphatic carbocycles. The van der Waals surface area contributed by atoms with Crippen LogP contribution in [0.3, 0.4) is 0 Å². The van der Waals surface area contributed by atoms with Crippen molar-refractivity contribution in [3.8, 4) is 0 Å². The Labute approximate surface area is 111 Å². The number of rotatable bonds is 3. The van der Waals surface area contributed by atoms with Gasteiger partial charge in [0.25, 0.3) is 0 Å². The molecule has 2 aromatic carbocycles. The molecule has 18 heavy (non-hydrogen) atoms. The average molecular weight is 316 g/mol. The summed E-state index contributed by atoms with van der Waals surface area (Å²) in [6.07, 6.45) is 0. The number of nitrogens with one attached hydrogen (secondary N) is 1. The molecule has 94 valence electrons. The highest BCUT2D eigenvalue weighted by Gasteiger charge is 2.04. The van der Waals surface area contributed by atoms with Crippen molar-refractivity contribution >= 4 is 21.6 Å². The minimum atomic E-state index is -0.675. The van der Waals surface area contributed by atoms with Crippen LogP contribution in [0.15, 0.2) is 40.9 Å². The third-order valence-electron chi connectivity index (χ3n) is 2.34. The fourth-order valence-electron chi connectivity index (χ4n) is 1.54. The summed E-state index contributed by atoms with van der Waals surface area (Å²) in [5.41, 5.74) is 0.836.